The molecule has 0 aliphatic carbocycles. The quantitative estimate of drug-likeness (QED) is 0.735. The van der Waals surface area contributed by atoms with Crippen LogP contribution < -0.4 is 4.72 Å². The van der Waals surface area contributed by atoms with Crippen molar-refractivity contribution in [3.8, 4) is 0 Å². The zero-order valence-corrected chi connectivity index (χ0v) is 13.3. The second-order valence-corrected chi connectivity index (χ2v) is 8.31. The van der Waals surface area contributed by atoms with Gasteiger partial charge in [-0.15, -0.1) is 0 Å². The Morgan fingerprint density at radius 3 is 2.19 bits per heavy atom. The number of rotatable bonds is 6. The molecule has 0 unspecified atom stereocenters. The number of carboxylic acids is 1. The van der Waals surface area contributed by atoms with E-state index in [2.05, 4.69) is 0 Å². The van der Waals surface area contributed by atoms with Crippen LogP contribution in [0.25, 0.3) is 0 Å². The Labute approximate surface area is 123 Å². The van der Waals surface area contributed by atoms with Crippen LogP contribution in [0.15, 0.2) is 34.1 Å². The SMILES string of the molecule is C[C@H](NS(=O)(=O)c1cccc(S(=O)(=O)N(C)C)c1)C(=O)O. The highest BCUT2D eigenvalue weighted by atomic mass is 32.2. The topological polar surface area (TPSA) is 121 Å². The van der Waals surface area contributed by atoms with E-state index < -0.39 is 32.1 Å². The molecule has 1 aromatic rings. The number of hydrogen-bond acceptors (Lipinski definition) is 5. The molecule has 0 bridgehead atoms. The molecule has 0 amide bonds. The van der Waals surface area contributed by atoms with Gasteiger partial charge in [-0.2, -0.15) is 4.72 Å². The van der Waals surface area contributed by atoms with Crippen LogP contribution >= 0.6 is 0 Å². The molecule has 0 radical (unpaired) electrons. The van der Waals surface area contributed by atoms with Gasteiger partial charge in [-0.25, -0.2) is 21.1 Å². The Morgan fingerprint density at radius 2 is 1.71 bits per heavy atom. The summed E-state index contributed by atoms with van der Waals surface area (Å²) in [6.45, 7) is 1.17. The Bertz CT molecular complexity index is 740. The first-order valence-electron chi connectivity index (χ1n) is 5.76. The minimum absolute atomic E-state index is 0.196. The molecule has 8 nitrogen and oxygen atoms in total. The smallest absolute Gasteiger partial charge is 0.321 e. The van der Waals surface area contributed by atoms with Gasteiger partial charge in [0.25, 0.3) is 0 Å². The third kappa shape index (κ3) is 4.00. The average molecular weight is 336 g/mol. The maximum Gasteiger partial charge on any atom is 0.321 e. The molecule has 10 heteroatoms. The molecule has 0 heterocycles. The summed E-state index contributed by atoms with van der Waals surface area (Å²) >= 11 is 0. The van der Waals surface area contributed by atoms with Crippen LogP contribution in [0.4, 0.5) is 0 Å². The fourth-order valence-electron chi connectivity index (χ4n) is 1.36. The zero-order valence-electron chi connectivity index (χ0n) is 11.6. The fraction of sp³-hybridized carbons (Fsp3) is 0.364. The van der Waals surface area contributed by atoms with Crippen LogP contribution in [0, 0.1) is 0 Å². The number of nitrogens with zero attached hydrogens (tertiary/aromatic N) is 1. The molecule has 0 fully saturated rings. The molecule has 0 saturated carbocycles. The number of aliphatic carboxylic acids is 1. The highest BCUT2D eigenvalue weighted by molar-refractivity contribution is 7.90. The lowest BCUT2D eigenvalue weighted by molar-refractivity contribution is -0.138. The average Bonchev–Trinajstić information content (AvgIpc) is 2.38. The van der Waals surface area contributed by atoms with E-state index in [1.807, 2.05) is 4.72 Å². The van der Waals surface area contributed by atoms with Crippen LogP contribution in [0.5, 0.6) is 0 Å². The minimum Gasteiger partial charge on any atom is -0.480 e. The van der Waals surface area contributed by atoms with Crippen molar-refractivity contribution in [3.63, 3.8) is 0 Å². The van der Waals surface area contributed by atoms with Crippen molar-refractivity contribution in [1.29, 1.82) is 0 Å². The van der Waals surface area contributed by atoms with Crippen molar-refractivity contribution in [1.82, 2.24) is 9.03 Å². The van der Waals surface area contributed by atoms with E-state index in [1.165, 1.54) is 39.2 Å². The molecule has 0 aliphatic heterocycles. The Kier molecular flexibility index (Phi) is 5.10. The molecular formula is C11H16N2O6S2. The molecule has 2 N–H and O–H groups in total. The summed E-state index contributed by atoms with van der Waals surface area (Å²) in [6, 6.07) is 3.37. The number of benzene rings is 1. The van der Waals surface area contributed by atoms with Gasteiger partial charge in [0.15, 0.2) is 0 Å². The predicted molar refractivity (Wildman–Crippen MR) is 74.7 cm³/mol. The van der Waals surface area contributed by atoms with Crippen LogP contribution in [0.3, 0.4) is 0 Å². The highest BCUT2D eigenvalue weighted by Crippen LogP contribution is 2.18. The number of hydrogen-bond donors (Lipinski definition) is 2. The second kappa shape index (κ2) is 6.10. The van der Waals surface area contributed by atoms with Gasteiger partial charge in [-0.3, -0.25) is 4.79 Å². The van der Waals surface area contributed by atoms with E-state index >= 15 is 0 Å². The summed E-state index contributed by atoms with van der Waals surface area (Å²) < 4.78 is 50.8. The van der Waals surface area contributed by atoms with Gasteiger partial charge >= 0.3 is 5.97 Å². The van der Waals surface area contributed by atoms with Crippen molar-refractivity contribution >= 4 is 26.0 Å². The van der Waals surface area contributed by atoms with Crippen molar-refractivity contribution in [2.45, 2.75) is 22.8 Å². The molecule has 1 atom stereocenters. The Balaban J connectivity index is 3.25. The van der Waals surface area contributed by atoms with E-state index in [1.54, 1.807) is 0 Å². The standard InChI is InChI=1S/C11H16N2O6S2/c1-8(11(14)15)12-20(16,17)9-5-4-6-10(7-9)21(18,19)13(2)3/h4-8,12H,1-3H3,(H,14,15)/t8-/m0/s1. The molecule has 0 aliphatic rings. The van der Waals surface area contributed by atoms with Gasteiger partial charge in [0.1, 0.15) is 6.04 Å². The van der Waals surface area contributed by atoms with Crippen LogP contribution in [-0.4, -0.2) is 52.4 Å². The molecule has 0 saturated heterocycles. The predicted octanol–water partition coefficient (Wildman–Crippen LogP) is -0.312. The van der Waals surface area contributed by atoms with Gasteiger partial charge in [-0.1, -0.05) is 6.07 Å². The molecule has 1 rings (SSSR count). The first-order chi connectivity index (χ1) is 9.48. The lowest BCUT2D eigenvalue weighted by atomic mass is 10.4. The number of carboxylic acid groups (broad SMARTS) is 1. The highest BCUT2D eigenvalue weighted by Gasteiger charge is 2.24. The molecule has 1 aromatic carbocycles. The summed E-state index contributed by atoms with van der Waals surface area (Å²) in [6.07, 6.45) is 0. The normalized spacial score (nSPS) is 14.1. The molecule has 118 valence electrons. The van der Waals surface area contributed by atoms with Crippen LogP contribution in [0.2, 0.25) is 0 Å². The van der Waals surface area contributed by atoms with Gasteiger partial charge in [-0.05, 0) is 25.1 Å². The Hall–Kier alpha value is -1.49. The molecular weight excluding hydrogens is 320 g/mol. The van der Waals surface area contributed by atoms with Crippen LogP contribution in [0.1, 0.15) is 6.92 Å². The van der Waals surface area contributed by atoms with Crippen molar-refractivity contribution < 1.29 is 26.7 Å². The van der Waals surface area contributed by atoms with Crippen molar-refractivity contribution in [2.75, 3.05) is 14.1 Å². The first-order valence-corrected chi connectivity index (χ1v) is 8.68. The van der Waals surface area contributed by atoms with Gasteiger partial charge in [0.2, 0.25) is 20.0 Å². The summed E-state index contributed by atoms with van der Waals surface area (Å²) in [5.74, 6) is -1.34. The summed E-state index contributed by atoms with van der Waals surface area (Å²) in [5.41, 5.74) is 0. The maximum atomic E-state index is 12.0. The van der Waals surface area contributed by atoms with Gasteiger partial charge < -0.3 is 5.11 Å². The summed E-state index contributed by atoms with van der Waals surface area (Å²) in [4.78, 5) is 10.2. The van der Waals surface area contributed by atoms with E-state index in [-0.39, 0.29) is 9.79 Å². The van der Waals surface area contributed by atoms with E-state index in [0.717, 1.165) is 10.4 Å². The van der Waals surface area contributed by atoms with Crippen molar-refractivity contribution in [3.05, 3.63) is 24.3 Å². The first kappa shape index (κ1) is 17.6. The Morgan fingerprint density at radius 1 is 1.19 bits per heavy atom. The van der Waals surface area contributed by atoms with Crippen molar-refractivity contribution in [2.24, 2.45) is 0 Å². The molecule has 0 spiro atoms. The largest absolute Gasteiger partial charge is 0.480 e. The zero-order chi connectivity index (χ0) is 16.4. The maximum absolute atomic E-state index is 12.0. The summed E-state index contributed by atoms with van der Waals surface area (Å²) in [5, 5.41) is 8.72. The van der Waals surface area contributed by atoms with E-state index in [0.29, 0.717) is 0 Å². The van der Waals surface area contributed by atoms with Crippen LogP contribution in [-0.2, 0) is 24.8 Å². The number of nitrogens with one attached hydrogen (secondary N) is 1. The van der Waals surface area contributed by atoms with Gasteiger partial charge in [0.05, 0.1) is 9.79 Å². The fourth-order valence-corrected chi connectivity index (χ4v) is 3.63. The third-order valence-electron chi connectivity index (χ3n) is 2.60. The van der Waals surface area contributed by atoms with E-state index in [4.69, 9.17) is 5.11 Å². The second-order valence-electron chi connectivity index (χ2n) is 4.44. The third-order valence-corrected chi connectivity index (χ3v) is 5.95. The molecule has 21 heavy (non-hydrogen) atoms. The summed E-state index contributed by atoms with van der Waals surface area (Å²) in [7, 11) is -5.27. The minimum atomic E-state index is -4.13. The number of carbonyl (C=O) groups is 1. The monoisotopic (exact) mass is 336 g/mol. The lowest BCUT2D eigenvalue weighted by Crippen LogP contribution is -2.38. The number of sulfonamides is 2. The van der Waals surface area contributed by atoms with E-state index in [9.17, 15) is 21.6 Å². The molecule has 0 aromatic heterocycles. The van der Waals surface area contributed by atoms with Gasteiger partial charge in [0, 0.05) is 14.1 Å². The lowest BCUT2D eigenvalue weighted by Gasteiger charge is -2.13.